The first-order valence-electron chi connectivity index (χ1n) is 5.50. The van der Waals surface area contributed by atoms with E-state index < -0.39 is 0 Å². The van der Waals surface area contributed by atoms with Gasteiger partial charge in [-0.1, -0.05) is 63.9 Å². The number of hydrogen-bond acceptors (Lipinski definition) is 1. The fourth-order valence-corrected chi connectivity index (χ4v) is 0.724. The van der Waals surface area contributed by atoms with Crippen molar-refractivity contribution in [1.82, 2.24) is 0 Å². The van der Waals surface area contributed by atoms with E-state index in [0.29, 0.717) is 6.54 Å². The van der Waals surface area contributed by atoms with Gasteiger partial charge in [-0.3, -0.25) is 0 Å². The number of nitrogens with two attached hydrogens (primary N) is 1. The molecule has 0 aliphatic heterocycles. The van der Waals surface area contributed by atoms with Gasteiger partial charge in [-0.25, -0.2) is 0 Å². The van der Waals surface area contributed by atoms with Gasteiger partial charge in [0.2, 0.25) is 0 Å². The van der Waals surface area contributed by atoms with Crippen molar-refractivity contribution in [2.45, 2.75) is 47.6 Å². The van der Waals surface area contributed by atoms with Crippen molar-refractivity contribution < 1.29 is 0 Å². The first-order valence-corrected chi connectivity index (χ1v) is 5.50. The predicted molar refractivity (Wildman–Crippen MR) is 66.4 cm³/mol. The van der Waals surface area contributed by atoms with E-state index in [0.717, 1.165) is 0 Å². The zero-order valence-electron chi connectivity index (χ0n) is 10.3. The molecule has 1 nitrogen and oxygen atoms in total. The molecule has 0 radical (unpaired) electrons. The Morgan fingerprint density at radius 1 is 1.00 bits per heavy atom. The molecule has 0 aromatic heterocycles. The molecule has 1 aromatic rings. The minimum atomic E-state index is 0.639. The third kappa shape index (κ3) is 9.27. The third-order valence-electron chi connectivity index (χ3n) is 1.36. The Morgan fingerprint density at radius 2 is 1.36 bits per heavy atom. The molecule has 0 atom stereocenters. The van der Waals surface area contributed by atoms with E-state index in [1.54, 1.807) is 0 Å². The molecular formula is C13H25N. The second-order valence-electron chi connectivity index (χ2n) is 2.90. The average molecular weight is 195 g/mol. The van der Waals surface area contributed by atoms with Gasteiger partial charge in [0.25, 0.3) is 0 Å². The molecule has 14 heavy (non-hydrogen) atoms. The molecule has 2 N–H and O–H groups in total. The van der Waals surface area contributed by atoms with Crippen LogP contribution >= 0.6 is 0 Å². The normalized spacial score (nSPS) is 7.86. The second-order valence-corrected chi connectivity index (χ2v) is 2.90. The van der Waals surface area contributed by atoms with Crippen LogP contribution in [0.3, 0.4) is 0 Å². The zero-order chi connectivity index (χ0) is 11.4. The Hall–Kier alpha value is -0.820. The molecule has 0 unspecified atom stereocenters. The zero-order valence-corrected chi connectivity index (χ0v) is 10.3. The lowest BCUT2D eigenvalue weighted by molar-refractivity contribution is 1.07. The summed E-state index contributed by atoms with van der Waals surface area (Å²) in [6.07, 6.45) is 1.25. The summed E-state index contributed by atoms with van der Waals surface area (Å²) in [5.74, 6) is 0. The fraction of sp³-hybridized carbons (Fsp3) is 0.538. The van der Waals surface area contributed by atoms with Crippen molar-refractivity contribution in [2.75, 3.05) is 0 Å². The van der Waals surface area contributed by atoms with Crippen LogP contribution in [0.5, 0.6) is 0 Å². The molecule has 0 aliphatic carbocycles. The Labute approximate surface area is 89.3 Å². The highest BCUT2D eigenvalue weighted by atomic mass is 14.5. The molecule has 82 valence electrons. The van der Waals surface area contributed by atoms with Crippen LogP contribution in [0.15, 0.2) is 24.3 Å². The maximum atomic E-state index is 5.40. The maximum Gasteiger partial charge on any atom is 0.0178 e. The summed E-state index contributed by atoms with van der Waals surface area (Å²) in [4.78, 5) is 0. The Morgan fingerprint density at radius 3 is 1.64 bits per heavy atom. The van der Waals surface area contributed by atoms with Crippen molar-refractivity contribution >= 4 is 0 Å². The van der Waals surface area contributed by atoms with Gasteiger partial charge in [0.15, 0.2) is 0 Å². The summed E-state index contributed by atoms with van der Waals surface area (Å²) in [6, 6.07) is 8.25. The SMILES string of the molecule is CC.CCC.Cc1ccc(CN)cc1. The molecule has 0 amide bonds. The highest BCUT2D eigenvalue weighted by molar-refractivity contribution is 5.20. The van der Waals surface area contributed by atoms with Crippen molar-refractivity contribution in [1.29, 1.82) is 0 Å². The van der Waals surface area contributed by atoms with Crippen LogP contribution < -0.4 is 5.73 Å². The van der Waals surface area contributed by atoms with E-state index in [2.05, 4.69) is 45.0 Å². The largest absolute Gasteiger partial charge is 0.326 e. The fourth-order valence-electron chi connectivity index (χ4n) is 0.724. The summed E-state index contributed by atoms with van der Waals surface area (Å²) in [7, 11) is 0. The van der Waals surface area contributed by atoms with Gasteiger partial charge in [-0.2, -0.15) is 0 Å². The molecule has 0 heterocycles. The Bertz CT molecular complexity index is 189. The van der Waals surface area contributed by atoms with Crippen molar-refractivity contribution in [2.24, 2.45) is 5.73 Å². The first-order chi connectivity index (χ1) is 6.74. The van der Waals surface area contributed by atoms with Crippen LogP contribution in [-0.4, -0.2) is 0 Å². The molecule has 1 rings (SSSR count). The topological polar surface area (TPSA) is 26.0 Å². The van der Waals surface area contributed by atoms with E-state index in [1.165, 1.54) is 17.5 Å². The second kappa shape index (κ2) is 12.2. The molecule has 1 heteroatoms. The van der Waals surface area contributed by atoms with Crippen LogP contribution in [0, 0.1) is 6.92 Å². The minimum Gasteiger partial charge on any atom is -0.326 e. The number of aryl methyl sites for hydroxylation is 1. The molecule has 0 saturated heterocycles. The lowest BCUT2D eigenvalue weighted by Crippen LogP contribution is -1.94. The van der Waals surface area contributed by atoms with Crippen LogP contribution in [0.25, 0.3) is 0 Å². The average Bonchev–Trinajstić information content (AvgIpc) is 2.23. The van der Waals surface area contributed by atoms with Gasteiger partial charge in [0.05, 0.1) is 0 Å². The number of rotatable bonds is 1. The molecule has 1 aromatic carbocycles. The Balaban J connectivity index is 0. The van der Waals surface area contributed by atoms with E-state index in [4.69, 9.17) is 5.73 Å². The molecule has 0 fully saturated rings. The van der Waals surface area contributed by atoms with Crippen LogP contribution in [0.1, 0.15) is 45.2 Å². The van der Waals surface area contributed by atoms with E-state index in [-0.39, 0.29) is 0 Å². The standard InChI is InChI=1S/C8H11N.C3H8.C2H6/c1-7-2-4-8(6-9)5-3-7;1-3-2;1-2/h2-5H,6,9H2,1H3;3H2,1-2H3;1-2H3. The van der Waals surface area contributed by atoms with Crippen molar-refractivity contribution in [3.05, 3.63) is 35.4 Å². The lowest BCUT2D eigenvalue weighted by Gasteiger charge is -1.94. The number of benzene rings is 1. The van der Waals surface area contributed by atoms with Crippen LogP contribution in [-0.2, 0) is 6.54 Å². The van der Waals surface area contributed by atoms with Gasteiger partial charge in [0, 0.05) is 6.54 Å². The maximum absolute atomic E-state index is 5.40. The monoisotopic (exact) mass is 195 g/mol. The van der Waals surface area contributed by atoms with Gasteiger partial charge < -0.3 is 5.73 Å². The van der Waals surface area contributed by atoms with Gasteiger partial charge in [-0.05, 0) is 12.5 Å². The lowest BCUT2D eigenvalue weighted by atomic mass is 10.2. The summed E-state index contributed by atoms with van der Waals surface area (Å²) in [5.41, 5.74) is 7.88. The summed E-state index contributed by atoms with van der Waals surface area (Å²) in [6.45, 7) is 11.0. The summed E-state index contributed by atoms with van der Waals surface area (Å²) in [5, 5.41) is 0. The molecule has 0 bridgehead atoms. The Kier molecular flexibility index (Phi) is 13.6. The molecule has 0 aliphatic rings. The van der Waals surface area contributed by atoms with E-state index in [1.807, 2.05) is 13.8 Å². The van der Waals surface area contributed by atoms with Crippen molar-refractivity contribution in [3.63, 3.8) is 0 Å². The smallest absolute Gasteiger partial charge is 0.0178 e. The predicted octanol–water partition coefficient (Wildman–Crippen LogP) is 3.90. The first kappa shape index (κ1) is 15.6. The quantitative estimate of drug-likeness (QED) is 0.722. The third-order valence-corrected chi connectivity index (χ3v) is 1.36. The highest BCUT2D eigenvalue weighted by Gasteiger charge is 1.84. The van der Waals surface area contributed by atoms with Crippen LogP contribution in [0.2, 0.25) is 0 Å². The molecule has 0 saturated carbocycles. The van der Waals surface area contributed by atoms with E-state index in [9.17, 15) is 0 Å². The van der Waals surface area contributed by atoms with Gasteiger partial charge in [0.1, 0.15) is 0 Å². The van der Waals surface area contributed by atoms with Gasteiger partial charge >= 0.3 is 0 Å². The van der Waals surface area contributed by atoms with Crippen LogP contribution in [0.4, 0.5) is 0 Å². The highest BCUT2D eigenvalue weighted by Crippen LogP contribution is 2.00. The molecule has 0 spiro atoms. The summed E-state index contributed by atoms with van der Waals surface area (Å²) >= 11 is 0. The van der Waals surface area contributed by atoms with E-state index >= 15 is 0 Å². The summed E-state index contributed by atoms with van der Waals surface area (Å²) < 4.78 is 0. The van der Waals surface area contributed by atoms with Crippen molar-refractivity contribution in [3.8, 4) is 0 Å². The molecular weight excluding hydrogens is 170 g/mol. The van der Waals surface area contributed by atoms with Gasteiger partial charge in [-0.15, -0.1) is 0 Å². The number of hydrogen-bond donors (Lipinski definition) is 1. The minimum absolute atomic E-state index is 0.639.